The van der Waals surface area contributed by atoms with Crippen LogP contribution in [0, 0.1) is 0 Å². The maximum atomic E-state index is 11.8. The van der Waals surface area contributed by atoms with Gasteiger partial charge in [-0.25, -0.2) is 4.79 Å². The molecule has 0 saturated heterocycles. The van der Waals surface area contributed by atoms with Gasteiger partial charge in [-0.05, 0) is 35.8 Å². The molecule has 1 aromatic carbocycles. The maximum absolute atomic E-state index is 11.8. The summed E-state index contributed by atoms with van der Waals surface area (Å²) in [4.78, 5) is 14.7. The highest BCUT2D eigenvalue weighted by Gasteiger charge is 2.18. The van der Waals surface area contributed by atoms with E-state index in [0.29, 0.717) is 17.8 Å². The van der Waals surface area contributed by atoms with Crippen molar-refractivity contribution in [2.45, 2.75) is 6.54 Å². The van der Waals surface area contributed by atoms with Crippen molar-refractivity contribution in [1.82, 2.24) is 0 Å². The summed E-state index contributed by atoms with van der Waals surface area (Å²) in [5.74, 6) is -0.409. The van der Waals surface area contributed by atoms with Crippen LogP contribution in [0.5, 0.6) is 0 Å². The molecule has 0 aliphatic heterocycles. The van der Waals surface area contributed by atoms with Crippen LogP contribution in [0.1, 0.15) is 15.2 Å². The van der Waals surface area contributed by atoms with E-state index in [0.717, 1.165) is 4.88 Å². The van der Waals surface area contributed by atoms with Crippen LogP contribution in [-0.2, 0) is 11.3 Å². The quantitative estimate of drug-likeness (QED) is 0.695. The molecule has 2 N–H and O–H groups in total. The van der Waals surface area contributed by atoms with Gasteiger partial charge in [-0.2, -0.15) is 0 Å². The van der Waals surface area contributed by atoms with E-state index in [9.17, 15) is 4.79 Å². The van der Waals surface area contributed by atoms with Gasteiger partial charge in [0.2, 0.25) is 0 Å². The van der Waals surface area contributed by atoms with Gasteiger partial charge in [0.25, 0.3) is 0 Å². The van der Waals surface area contributed by atoms with Crippen LogP contribution in [0.3, 0.4) is 0 Å². The van der Waals surface area contributed by atoms with E-state index in [1.54, 1.807) is 34.4 Å². The van der Waals surface area contributed by atoms with Gasteiger partial charge in [0.1, 0.15) is 0 Å². The van der Waals surface area contributed by atoms with Crippen molar-refractivity contribution in [1.29, 1.82) is 0 Å². The number of carbonyl (C=O) groups is 1. The van der Waals surface area contributed by atoms with E-state index < -0.39 is 5.97 Å². The molecule has 0 fully saturated rings. The van der Waals surface area contributed by atoms with Gasteiger partial charge in [0.05, 0.1) is 24.9 Å². The summed E-state index contributed by atoms with van der Waals surface area (Å²) in [6.45, 7) is 0.529. The van der Waals surface area contributed by atoms with Crippen LogP contribution >= 0.6 is 23.6 Å². The number of ether oxygens (including phenoxy) is 1. The summed E-state index contributed by atoms with van der Waals surface area (Å²) in [5.41, 5.74) is 6.90. The first-order chi connectivity index (χ1) is 9.63. The van der Waals surface area contributed by atoms with Crippen LogP contribution in [0.4, 0.5) is 5.69 Å². The highest BCUT2D eigenvalue weighted by Crippen LogP contribution is 2.24. The van der Waals surface area contributed by atoms with Crippen molar-refractivity contribution in [3.05, 3.63) is 52.2 Å². The topological polar surface area (TPSA) is 55.6 Å². The number of hydrogen-bond acceptors (Lipinski definition) is 4. The molecule has 0 unspecified atom stereocenters. The number of nitrogens with zero attached hydrogens (tertiary/aromatic N) is 1. The Morgan fingerprint density at radius 3 is 2.70 bits per heavy atom. The molecule has 0 radical (unpaired) electrons. The Morgan fingerprint density at radius 2 is 2.10 bits per heavy atom. The Hall–Kier alpha value is -1.92. The number of thiocarbonyl (C=S) groups is 1. The Kier molecular flexibility index (Phi) is 4.70. The maximum Gasteiger partial charge on any atom is 0.339 e. The van der Waals surface area contributed by atoms with E-state index in [1.807, 2.05) is 23.6 Å². The first-order valence-electron chi connectivity index (χ1n) is 5.90. The lowest BCUT2D eigenvalue weighted by Gasteiger charge is -2.24. The molecule has 20 heavy (non-hydrogen) atoms. The zero-order valence-corrected chi connectivity index (χ0v) is 12.5. The largest absolute Gasteiger partial charge is 0.465 e. The second kappa shape index (κ2) is 6.49. The molecule has 0 bridgehead atoms. The highest BCUT2D eigenvalue weighted by molar-refractivity contribution is 7.80. The van der Waals surface area contributed by atoms with Crippen LogP contribution in [0.15, 0.2) is 41.8 Å². The number of para-hydroxylation sites is 1. The predicted molar refractivity (Wildman–Crippen MR) is 85.1 cm³/mol. The average Bonchev–Trinajstić information content (AvgIpc) is 2.96. The fraction of sp³-hybridized carbons (Fsp3) is 0.143. The van der Waals surface area contributed by atoms with Crippen molar-refractivity contribution in [3.8, 4) is 0 Å². The van der Waals surface area contributed by atoms with Gasteiger partial charge in [-0.3, -0.25) is 0 Å². The SMILES string of the molecule is COC(=O)c1ccccc1N(Cc1cccs1)C(N)=S. The molecular weight excluding hydrogens is 292 g/mol. The fourth-order valence-electron chi connectivity index (χ4n) is 1.83. The molecule has 2 aromatic rings. The molecule has 0 aliphatic carbocycles. The lowest BCUT2D eigenvalue weighted by Crippen LogP contribution is -2.35. The number of rotatable bonds is 4. The van der Waals surface area contributed by atoms with Crippen LogP contribution in [-0.4, -0.2) is 18.2 Å². The number of nitrogens with two attached hydrogens (primary N) is 1. The molecular formula is C14H14N2O2S2. The Morgan fingerprint density at radius 1 is 1.35 bits per heavy atom. The lowest BCUT2D eigenvalue weighted by atomic mass is 10.1. The standard InChI is InChI=1S/C14H14N2O2S2/c1-18-13(17)11-6-2-3-7-12(11)16(14(15)19)9-10-5-4-8-20-10/h2-8H,9H2,1H3,(H2,15,19). The summed E-state index contributed by atoms with van der Waals surface area (Å²) in [7, 11) is 1.35. The van der Waals surface area contributed by atoms with E-state index >= 15 is 0 Å². The number of thiophene rings is 1. The summed E-state index contributed by atoms with van der Waals surface area (Å²) in [5, 5.41) is 2.20. The van der Waals surface area contributed by atoms with E-state index in [1.165, 1.54) is 7.11 Å². The molecule has 0 spiro atoms. The first-order valence-corrected chi connectivity index (χ1v) is 7.19. The molecule has 104 valence electrons. The van der Waals surface area contributed by atoms with Crippen molar-refractivity contribution in [2.24, 2.45) is 5.73 Å². The molecule has 0 saturated carbocycles. The third-order valence-electron chi connectivity index (χ3n) is 2.76. The number of carbonyl (C=O) groups excluding carboxylic acids is 1. The van der Waals surface area contributed by atoms with E-state index in [2.05, 4.69) is 0 Å². The normalized spacial score (nSPS) is 10.1. The van der Waals surface area contributed by atoms with Gasteiger partial charge < -0.3 is 15.4 Å². The molecule has 6 heteroatoms. The van der Waals surface area contributed by atoms with Crippen LogP contribution < -0.4 is 10.6 Å². The van der Waals surface area contributed by atoms with Crippen molar-refractivity contribution >= 4 is 40.3 Å². The smallest absolute Gasteiger partial charge is 0.339 e. The summed E-state index contributed by atoms with van der Waals surface area (Å²) in [6, 6.07) is 11.1. The molecule has 0 atom stereocenters. The van der Waals surface area contributed by atoms with E-state index in [-0.39, 0.29) is 5.11 Å². The number of hydrogen-bond donors (Lipinski definition) is 1. The highest BCUT2D eigenvalue weighted by atomic mass is 32.1. The number of anilines is 1. The number of methoxy groups -OCH3 is 1. The predicted octanol–water partition coefficient (Wildman–Crippen LogP) is 2.78. The minimum atomic E-state index is -0.409. The Bertz CT molecular complexity index is 611. The third-order valence-corrected chi connectivity index (χ3v) is 3.84. The lowest BCUT2D eigenvalue weighted by molar-refractivity contribution is 0.0601. The summed E-state index contributed by atoms with van der Waals surface area (Å²) < 4.78 is 4.79. The van der Waals surface area contributed by atoms with Gasteiger partial charge in [0, 0.05) is 4.88 Å². The van der Waals surface area contributed by atoms with Crippen LogP contribution in [0.2, 0.25) is 0 Å². The average molecular weight is 306 g/mol. The van der Waals surface area contributed by atoms with Gasteiger partial charge in [0.15, 0.2) is 5.11 Å². The van der Waals surface area contributed by atoms with Gasteiger partial charge >= 0.3 is 5.97 Å². The zero-order valence-electron chi connectivity index (χ0n) is 10.9. The number of esters is 1. The zero-order chi connectivity index (χ0) is 14.5. The van der Waals surface area contributed by atoms with Crippen molar-refractivity contribution < 1.29 is 9.53 Å². The summed E-state index contributed by atoms with van der Waals surface area (Å²) in [6.07, 6.45) is 0. The monoisotopic (exact) mass is 306 g/mol. The van der Waals surface area contributed by atoms with Crippen molar-refractivity contribution in [3.63, 3.8) is 0 Å². The van der Waals surface area contributed by atoms with E-state index in [4.69, 9.17) is 22.7 Å². The Balaban J connectivity index is 2.39. The third kappa shape index (κ3) is 3.15. The minimum absolute atomic E-state index is 0.217. The minimum Gasteiger partial charge on any atom is -0.465 e. The first kappa shape index (κ1) is 14.5. The second-order valence-corrected chi connectivity index (χ2v) is 5.46. The number of benzene rings is 1. The molecule has 0 amide bonds. The second-order valence-electron chi connectivity index (χ2n) is 4.01. The Labute approximate surface area is 126 Å². The van der Waals surface area contributed by atoms with Crippen molar-refractivity contribution in [2.75, 3.05) is 12.0 Å². The fourth-order valence-corrected chi connectivity index (χ4v) is 2.69. The molecule has 0 aliphatic rings. The molecule has 2 rings (SSSR count). The molecule has 4 nitrogen and oxygen atoms in total. The van der Waals surface area contributed by atoms with Crippen LogP contribution in [0.25, 0.3) is 0 Å². The van der Waals surface area contributed by atoms with Gasteiger partial charge in [-0.15, -0.1) is 11.3 Å². The molecule has 1 heterocycles. The molecule has 1 aromatic heterocycles. The van der Waals surface area contributed by atoms with Gasteiger partial charge in [-0.1, -0.05) is 18.2 Å². The summed E-state index contributed by atoms with van der Waals surface area (Å²) >= 11 is 6.72.